The molecule has 0 aromatic heterocycles. The number of methoxy groups -OCH3 is 1. The molecule has 1 unspecified atom stereocenters. The zero-order valence-corrected chi connectivity index (χ0v) is 10.9. The fraction of sp³-hybridized carbons (Fsp3) is 0.364. The monoisotopic (exact) mass is 258 g/mol. The van der Waals surface area contributed by atoms with Gasteiger partial charge in [-0.15, -0.1) is 0 Å². The summed E-state index contributed by atoms with van der Waals surface area (Å²) in [6.45, 7) is 2.65. The van der Waals surface area contributed by atoms with E-state index in [9.17, 15) is 0 Å². The SMILES string of the molecule is COC(C)CNC(=S)Nc1ccc(Cl)cc1. The molecule has 0 fully saturated rings. The molecule has 3 nitrogen and oxygen atoms in total. The van der Waals surface area contributed by atoms with Crippen LogP contribution in [0.1, 0.15) is 6.92 Å². The summed E-state index contributed by atoms with van der Waals surface area (Å²) in [5.74, 6) is 0. The Hall–Kier alpha value is -0.840. The molecule has 0 saturated heterocycles. The number of thiocarbonyl (C=S) groups is 1. The first-order valence-electron chi connectivity index (χ1n) is 4.95. The topological polar surface area (TPSA) is 33.3 Å². The number of nitrogens with one attached hydrogen (secondary N) is 2. The number of hydrogen-bond acceptors (Lipinski definition) is 2. The summed E-state index contributed by atoms with van der Waals surface area (Å²) in [5.41, 5.74) is 0.909. The van der Waals surface area contributed by atoms with Crippen molar-refractivity contribution in [2.24, 2.45) is 0 Å². The number of ether oxygens (including phenoxy) is 1. The van der Waals surface area contributed by atoms with Gasteiger partial charge in [0.15, 0.2) is 5.11 Å². The van der Waals surface area contributed by atoms with Crippen molar-refractivity contribution in [2.45, 2.75) is 13.0 Å². The molecule has 1 rings (SSSR count). The Kier molecular flexibility index (Phi) is 5.52. The lowest BCUT2D eigenvalue weighted by molar-refractivity contribution is 0.121. The van der Waals surface area contributed by atoms with Gasteiger partial charge in [0.25, 0.3) is 0 Å². The summed E-state index contributed by atoms with van der Waals surface area (Å²) in [7, 11) is 1.67. The summed E-state index contributed by atoms with van der Waals surface area (Å²) >= 11 is 10.9. The van der Waals surface area contributed by atoms with Gasteiger partial charge >= 0.3 is 0 Å². The van der Waals surface area contributed by atoms with Crippen LogP contribution in [0.25, 0.3) is 0 Å². The third kappa shape index (κ3) is 4.79. The smallest absolute Gasteiger partial charge is 0.170 e. The summed E-state index contributed by atoms with van der Waals surface area (Å²) in [5, 5.41) is 7.39. The van der Waals surface area contributed by atoms with Gasteiger partial charge in [-0.25, -0.2) is 0 Å². The van der Waals surface area contributed by atoms with Crippen LogP contribution in [-0.2, 0) is 4.74 Å². The van der Waals surface area contributed by atoms with E-state index in [-0.39, 0.29) is 6.10 Å². The number of anilines is 1. The van der Waals surface area contributed by atoms with Crippen molar-refractivity contribution in [1.29, 1.82) is 0 Å². The Labute approximate surface area is 106 Å². The Morgan fingerprint density at radius 2 is 2.06 bits per heavy atom. The second kappa shape index (κ2) is 6.68. The maximum Gasteiger partial charge on any atom is 0.170 e. The van der Waals surface area contributed by atoms with Gasteiger partial charge in [-0.05, 0) is 43.4 Å². The lowest BCUT2D eigenvalue weighted by Crippen LogP contribution is -2.34. The third-order valence-corrected chi connectivity index (χ3v) is 2.55. The molecule has 1 aromatic carbocycles. The van der Waals surface area contributed by atoms with Crippen molar-refractivity contribution in [1.82, 2.24) is 5.32 Å². The van der Waals surface area contributed by atoms with Crippen molar-refractivity contribution in [3.05, 3.63) is 29.3 Å². The number of halogens is 1. The molecule has 16 heavy (non-hydrogen) atoms. The molecule has 0 aliphatic heterocycles. The van der Waals surface area contributed by atoms with E-state index < -0.39 is 0 Å². The highest BCUT2D eigenvalue weighted by Gasteiger charge is 2.01. The van der Waals surface area contributed by atoms with Crippen LogP contribution in [-0.4, -0.2) is 24.9 Å². The van der Waals surface area contributed by atoms with Crippen molar-refractivity contribution < 1.29 is 4.74 Å². The highest BCUT2D eigenvalue weighted by molar-refractivity contribution is 7.80. The highest BCUT2D eigenvalue weighted by Crippen LogP contribution is 2.12. The Morgan fingerprint density at radius 3 is 2.62 bits per heavy atom. The summed E-state index contributed by atoms with van der Waals surface area (Å²) in [4.78, 5) is 0. The van der Waals surface area contributed by atoms with Gasteiger partial charge in [0.1, 0.15) is 0 Å². The quantitative estimate of drug-likeness (QED) is 0.814. The lowest BCUT2D eigenvalue weighted by Gasteiger charge is -2.13. The molecule has 0 aliphatic carbocycles. The van der Waals surface area contributed by atoms with E-state index >= 15 is 0 Å². The molecule has 2 N–H and O–H groups in total. The van der Waals surface area contributed by atoms with Crippen LogP contribution >= 0.6 is 23.8 Å². The first-order valence-corrected chi connectivity index (χ1v) is 5.73. The summed E-state index contributed by atoms with van der Waals surface area (Å²) < 4.78 is 5.10. The Balaban J connectivity index is 2.37. The molecule has 0 spiro atoms. The number of rotatable bonds is 4. The van der Waals surface area contributed by atoms with Crippen molar-refractivity contribution in [3.8, 4) is 0 Å². The second-order valence-electron chi connectivity index (χ2n) is 3.39. The van der Waals surface area contributed by atoms with Gasteiger partial charge in [-0.3, -0.25) is 0 Å². The molecular formula is C11H15ClN2OS. The van der Waals surface area contributed by atoms with E-state index in [2.05, 4.69) is 10.6 Å². The fourth-order valence-corrected chi connectivity index (χ4v) is 1.36. The molecule has 0 saturated carbocycles. The second-order valence-corrected chi connectivity index (χ2v) is 4.23. The molecular weight excluding hydrogens is 244 g/mol. The molecule has 0 radical (unpaired) electrons. The Morgan fingerprint density at radius 1 is 1.44 bits per heavy atom. The van der Waals surface area contributed by atoms with Crippen molar-refractivity contribution >= 4 is 34.6 Å². The zero-order valence-electron chi connectivity index (χ0n) is 9.29. The minimum Gasteiger partial charge on any atom is -0.380 e. The van der Waals surface area contributed by atoms with Crippen LogP contribution < -0.4 is 10.6 Å². The first kappa shape index (κ1) is 13.2. The number of benzene rings is 1. The van der Waals surface area contributed by atoms with Crippen LogP contribution in [0.5, 0.6) is 0 Å². The summed E-state index contributed by atoms with van der Waals surface area (Å²) in [6, 6.07) is 7.36. The predicted molar refractivity (Wildman–Crippen MR) is 72.1 cm³/mol. The van der Waals surface area contributed by atoms with Gasteiger partial charge in [0.05, 0.1) is 6.10 Å². The molecule has 88 valence electrons. The van der Waals surface area contributed by atoms with Crippen LogP contribution in [0.4, 0.5) is 5.69 Å². The summed E-state index contributed by atoms with van der Waals surface area (Å²) in [6.07, 6.45) is 0.130. The molecule has 0 bridgehead atoms. The van der Waals surface area contributed by atoms with Gasteiger partial charge in [-0.1, -0.05) is 11.6 Å². The average molecular weight is 259 g/mol. The normalized spacial score (nSPS) is 11.9. The third-order valence-electron chi connectivity index (χ3n) is 2.05. The van der Waals surface area contributed by atoms with E-state index in [1.807, 2.05) is 31.2 Å². The van der Waals surface area contributed by atoms with Crippen LogP contribution in [0.15, 0.2) is 24.3 Å². The van der Waals surface area contributed by atoms with Gasteiger partial charge in [-0.2, -0.15) is 0 Å². The predicted octanol–water partition coefficient (Wildman–Crippen LogP) is 2.66. The standard InChI is InChI=1S/C11H15ClN2OS/c1-8(15-2)7-13-11(16)14-10-5-3-9(12)4-6-10/h3-6,8H,7H2,1-2H3,(H2,13,14,16). The maximum absolute atomic E-state index is 5.78. The van der Waals surface area contributed by atoms with E-state index in [1.54, 1.807) is 7.11 Å². The zero-order chi connectivity index (χ0) is 12.0. The molecule has 0 aliphatic rings. The minimum atomic E-state index is 0.130. The molecule has 1 aromatic rings. The maximum atomic E-state index is 5.78. The number of hydrogen-bond donors (Lipinski definition) is 2. The fourth-order valence-electron chi connectivity index (χ4n) is 1.03. The van der Waals surface area contributed by atoms with E-state index in [4.69, 9.17) is 28.6 Å². The Bertz CT molecular complexity index is 342. The largest absolute Gasteiger partial charge is 0.380 e. The van der Waals surface area contributed by atoms with E-state index in [0.29, 0.717) is 16.7 Å². The highest BCUT2D eigenvalue weighted by atomic mass is 35.5. The van der Waals surface area contributed by atoms with E-state index in [0.717, 1.165) is 5.69 Å². The van der Waals surface area contributed by atoms with E-state index in [1.165, 1.54) is 0 Å². The average Bonchev–Trinajstić information content (AvgIpc) is 2.29. The molecule has 0 amide bonds. The van der Waals surface area contributed by atoms with Gasteiger partial charge < -0.3 is 15.4 Å². The molecule has 5 heteroatoms. The van der Waals surface area contributed by atoms with Gasteiger partial charge in [0.2, 0.25) is 0 Å². The lowest BCUT2D eigenvalue weighted by atomic mass is 10.3. The van der Waals surface area contributed by atoms with Gasteiger partial charge in [0, 0.05) is 24.4 Å². The first-order chi connectivity index (χ1) is 7.61. The molecule has 1 atom stereocenters. The minimum absolute atomic E-state index is 0.130. The van der Waals surface area contributed by atoms with Crippen LogP contribution in [0, 0.1) is 0 Å². The molecule has 0 heterocycles. The van der Waals surface area contributed by atoms with Crippen molar-refractivity contribution in [3.63, 3.8) is 0 Å². The van der Waals surface area contributed by atoms with Crippen LogP contribution in [0.2, 0.25) is 5.02 Å². The van der Waals surface area contributed by atoms with Crippen molar-refractivity contribution in [2.75, 3.05) is 19.0 Å². The van der Waals surface area contributed by atoms with Crippen LogP contribution in [0.3, 0.4) is 0 Å².